The summed E-state index contributed by atoms with van der Waals surface area (Å²) in [5.41, 5.74) is 2.45. The van der Waals surface area contributed by atoms with Crippen LogP contribution in [0.15, 0.2) is 72.8 Å². The Balaban J connectivity index is 2.01. The lowest BCUT2D eigenvalue weighted by atomic mass is 9.85. The van der Waals surface area contributed by atoms with E-state index in [9.17, 15) is 4.79 Å². The first kappa shape index (κ1) is 12.7. The second-order valence-corrected chi connectivity index (χ2v) is 5.21. The fourth-order valence-corrected chi connectivity index (χ4v) is 3.02. The molecule has 1 aliphatic carbocycles. The van der Waals surface area contributed by atoms with Gasteiger partial charge in [-0.05, 0) is 23.5 Å². The highest BCUT2D eigenvalue weighted by molar-refractivity contribution is 5.80. The molecule has 2 heteroatoms. The van der Waals surface area contributed by atoms with Crippen LogP contribution in [0.4, 0.5) is 0 Å². The van der Waals surface area contributed by atoms with Crippen molar-refractivity contribution in [3.63, 3.8) is 0 Å². The van der Waals surface area contributed by atoms with Gasteiger partial charge in [-0.15, -0.1) is 0 Å². The average Bonchev–Trinajstić information content (AvgIpc) is 3.23. The van der Waals surface area contributed by atoms with E-state index in [4.69, 9.17) is 5.11 Å². The van der Waals surface area contributed by atoms with Gasteiger partial charge in [-0.3, -0.25) is 0 Å². The summed E-state index contributed by atoms with van der Waals surface area (Å²) in [4.78, 5) is 10.7. The Labute approximate surface area is 118 Å². The lowest BCUT2D eigenvalue weighted by Crippen LogP contribution is -2.11. The number of allylic oxidation sites excluding steroid dienone is 1. The highest BCUT2D eigenvalue weighted by Crippen LogP contribution is 2.59. The molecule has 0 aromatic heterocycles. The van der Waals surface area contributed by atoms with Crippen LogP contribution >= 0.6 is 0 Å². The van der Waals surface area contributed by atoms with Crippen LogP contribution < -0.4 is 0 Å². The number of carboxylic acids is 1. The van der Waals surface area contributed by atoms with E-state index in [1.165, 1.54) is 17.2 Å². The normalized spacial score (nSPS) is 19.9. The number of rotatable bonds is 4. The Morgan fingerprint density at radius 3 is 1.95 bits per heavy atom. The molecular formula is C18H16O2. The van der Waals surface area contributed by atoms with E-state index in [2.05, 4.69) is 24.3 Å². The Bertz CT molecular complexity index is 589. The zero-order chi connectivity index (χ0) is 14.0. The SMILES string of the molecule is O=C(O)/C=C/[C@H]1CC1(c1ccccc1)c1ccccc1. The molecule has 3 rings (SSSR count). The maximum atomic E-state index is 10.7. The van der Waals surface area contributed by atoms with Gasteiger partial charge in [0.25, 0.3) is 0 Å². The quantitative estimate of drug-likeness (QED) is 0.856. The second kappa shape index (κ2) is 4.97. The van der Waals surface area contributed by atoms with E-state index < -0.39 is 5.97 Å². The molecule has 2 aromatic carbocycles. The monoisotopic (exact) mass is 264 g/mol. The maximum Gasteiger partial charge on any atom is 0.327 e. The molecule has 1 fully saturated rings. The summed E-state index contributed by atoms with van der Waals surface area (Å²) in [6.45, 7) is 0. The number of aliphatic carboxylic acids is 1. The highest BCUT2D eigenvalue weighted by Gasteiger charge is 2.54. The molecule has 1 atom stereocenters. The van der Waals surface area contributed by atoms with Gasteiger partial charge in [0.1, 0.15) is 0 Å². The van der Waals surface area contributed by atoms with Crippen LogP contribution in [0, 0.1) is 5.92 Å². The van der Waals surface area contributed by atoms with E-state index in [1.54, 1.807) is 0 Å². The number of hydrogen-bond acceptors (Lipinski definition) is 1. The van der Waals surface area contributed by atoms with Gasteiger partial charge in [0.2, 0.25) is 0 Å². The van der Waals surface area contributed by atoms with Gasteiger partial charge in [0.15, 0.2) is 0 Å². The van der Waals surface area contributed by atoms with E-state index in [1.807, 2.05) is 42.5 Å². The predicted molar refractivity (Wildman–Crippen MR) is 78.5 cm³/mol. The predicted octanol–water partition coefficient (Wildman–Crippen LogP) is 3.63. The standard InChI is InChI=1S/C18H16O2/c19-17(20)12-11-16-13-18(16,14-7-3-1-4-8-14)15-9-5-2-6-10-15/h1-12,16H,13H2,(H,19,20)/b12-11+/t16-/m0/s1. The van der Waals surface area contributed by atoms with Gasteiger partial charge in [0, 0.05) is 11.5 Å². The molecule has 1 saturated carbocycles. The molecule has 100 valence electrons. The summed E-state index contributed by atoms with van der Waals surface area (Å²) >= 11 is 0. The largest absolute Gasteiger partial charge is 0.478 e. The second-order valence-electron chi connectivity index (χ2n) is 5.21. The Kier molecular flexibility index (Phi) is 3.15. The van der Waals surface area contributed by atoms with Crippen LogP contribution in [-0.2, 0) is 10.2 Å². The van der Waals surface area contributed by atoms with Crippen LogP contribution in [0.25, 0.3) is 0 Å². The molecule has 0 amide bonds. The fourth-order valence-electron chi connectivity index (χ4n) is 3.02. The molecular weight excluding hydrogens is 248 g/mol. The minimum absolute atomic E-state index is 0.0610. The first-order valence-corrected chi connectivity index (χ1v) is 6.75. The van der Waals surface area contributed by atoms with Crippen molar-refractivity contribution in [1.82, 2.24) is 0 Å². The van der Waals surface area contributed by atoms with E-state index in [-0.39, 0.29) is 11.3 Å². The molecule has 0 radical (unpaired) electrons. The van der Waals surface area contributed by atoms with Gasteiger partial charge < -0.3 is 5.11 Å². The lowest BCUT2D eigenvalue weighted by molar-refractivity contribution is -0.131. The van der Waals surface area contributed by atoms with Crippen molar-refractivity contribution in [2.24, 2.45) is 5.92 Å². The van der Waals surface area contributed by atoms with Crippen LogP contribution in [0.3, 0.4) is 0 Å². The fraction of sp³-hybridized carbons (Fsp3) is 0.167. The summed E-state index contributed by atoms with van der Waals surface area (Å²) in [6, 6.07) is 20.7. The van der Waals surface area contributed by atoms with Crippen molar-refractivity contribution in [1.29, 1.82) is 0 Å². The summed E-state index contributed by atoms with van der Waals surface area (Å²) in [5.74, 6) is -0.629. The molecule has 1 aliphatic rings. The topological polar surface area (TPSA) is 37.3 Å². The Morgan fingerprint density at radius 2 is 1.50 bits per heavy atom. The maximum absolute atomic E-state index is 10.7. The van der Waals surface area contributed by atoms with Crippen LogP contribution in [0.5, 0.6) is 0 Å². The Hall–Kier alpha value is -2.35. The number of hydrogen-bond donors (Lipinski definition) is 1. The van der Waals surface area contributed by atoms with Crippen molar-refractivity contribution < 1.29 is 9.90 Å². The van der Waals surface area contributed by atoms with Crippen molar-refractivity contribution in [3.8, 4) is 0 Å². The van der Waals surface area contributed by atoms with Crippen molar-refractivity contribution in [2.45, 2.75) is 11.8 Å². The van der Waals surface area contributed by atoms with Crippen molar-refractivity contribution in [2.75, 3.05) is 0 Å². The smallest absolute Gasteiger partial charge is 0.327 e. The summed E-state index contributed by atoms with van der Waals surface area (Å²) in [6.07, 6.45) is 4.05. The first-order valence-electron chi connectivity index (χ1n) is 6.75. The van der Waals surface area contributed by atoms with Crippen molar-refractivity contribution >= 4 is 5.97 Å². The summed E-state index contributed by atoms with van der Waals surface area (Å²) in [7, 11) is 0. The van der Waals surface area contributed by atoms with Crippen LogP contribution in [0.2, 0.25) is 0 Å². The van der Waals surface area contributed by atoms with E-state index in [0.29, 0.717) is 0 Å². The third-order valence-electron chi connectivity index (χ3n) is 4.06. The molecule has 0 heterocycles. The van der Waals surface area contributed by atoms with Crippen molar-refractivity contribution in [3.05, 3.63) is 83.9 Å². The first-order chi connectivity index (χ1) is 9.73. The minimum atomic E-state index is -0.882. The number of benzene rings is 2. The van der Waals surface area contributed by atoms with Gasteiger partial charge >= 0.3 is 5.97 Å². The third-order valence-corrected chi connectivity index (χ3v) is 4.06. The molecule has 20 heavy (non-hydrogen) atoms. The summed E-state index contributed by atoms with van der Waals surface area (Å²) in [5, 5.41) is 8.81. The minimum Gasteiger partial charge on any atom is -0.478 e. The van der Waals surface area contributed by atoms with Gasteiger partial charge in [-0.2, -0.15) is 0 Å². The molecule has 0 aliphatic heterocycles. The van der Waals surface area contributed by atoms with Gasteiger partial charge in [0.05, 0.1) is 0 Å². The lowest BCUT2D eigenvalue weighted by Gasteiger charge is -2.18. The third kappa shape index (κ3) is 2.14. The molecule has 2 aromatic rings. The summed E-state index contributed by atoms with van der Waals surface area (Å²) < 4.78 is 0. The Morgan fingerprint density at radius 1 is 1.00 bits per heavy atom. The van der Waals surface area contributed by atoms with Gasteiger partial charge in [-0.1, -0.05) is 66.7 Å². The molecule has 0 unspecified atom stereocenters. The van der Waals surface area contributed by atoms with Crippen LogP contribution in [-0.4, -0.2) is 11.1 Å². The molecule has 1 N–H and O–H groups in total. The average molecular weight is 264 g/mol. The van der Waals surface area contributed by atoms with Crippen LogP contribution in [0.1, 0.15) is 17.5 Å². The highest BCUT2D eigenvalue weighted by atomic mass is 16.4. The van der Waals surface area contributed by atoms with E-state index >= 15 is 0 Å². The molecule has 0 saturated heterocycles. The number of carbonyl (C=O) groups is 1. The van der Waals surface area contributed by atoms with Gasteiger partial charge in [-0.25, -0.2) is 4.79 Å². The zero-order valence-corrected chi connectivity index (χ0v) is 11.1. The molecule has 2 nitrogen and oxygen atoms in total. The number of carboxylic acid groups (broad SMARTS) is 1. The van der Waals surface area contributed by atoms with E-state index in [0.717, 1.165) is 6.42 Å². The zero-order valence-electron chi connectivity index (χ0n) is 11.1. The molecule has 0 bridgehead atoms. The molecule has 0 spiro atoms.